The monoisotopic (exact) mass is 363 g/mol. The maximum atomic E-state index is 12.5. The number of aromatic nitrogens is 1. The molecular weight excluding hydrogens is 342 g/mol. The molecule has 2 N–H and O–H groups in total. The molecule has 0 aliphatic heterocycles. The molecule has 1 aromatic heterocycles. The highest BCUT2D eigenvalue weighted by molar-refractivity contribution is 5.94. The van der Waals surface area contributed by atoms with Crippen LogP contribution in [0.1, 0.15) is 15.9 Å². The first kappa shape index (κ1) is 18.3. The largest absolute Gasteiger partial charge is 0.497 e. The van der Waals surface area contributed by atoms with Crippen LogP contribution in [0.5, 0.6) is 11.5 Å². The summed E-state index contributed by atoms with van der Waals surface area (Å²) in [7, 11) is 3.23. The maximum absolute atomic E-state index is 12.5. The third-order valence-electron chi connectivity index (χ3n) is 4.01. The van der Waals surface area contributed by atoms with Gasteiger partial charge in [-0.05, 0) is 36.4 Å². The quantitative estimate of drug-likeness (QED) is 0.668. The fourth-order valence-electron chi connectivity index (χ4n) is 2.60. The Bertz CT molecular complexity index is 911. The number of para-hydroxylation sites is 1. The number of anilines is 2. The number of carbonyl (C=O) groups excluding carboxylic acids is 1. The summed E-state index contributed by atoms with van der Waals surface area (Å²) in [6.07, 6.45) is 3.21. The number of rotatable bonds is 7. The van der Waals surface area contributed by atoms with Crippen LogP contribution in [0.15, 0.2) is 67.0 Å². The summed E-state index contributed by atoms with van der Waals surface area (Å²) in [6, 6.07) is 16.9. The molecule has 2 aromatic carbocycles. The molecule has 0 atom stereocenters. The molecule has 6 heteroatoms. The number of nitrogens with zero attached hydrogens (tertiary/aromatic N) is 1. The zero-order chi connectivity index (χ0) is 19.1. The molecule has 0 saturated carbocycles. The lowest BCUT2D eigenvalue weighted by Crippen LogP contribution is -2.23. The first-order valence-electron chi connectivity index (χ1n) is 8.46. The van der Waals surface area contributed by atoms with Crippen LogP contribution in [0.25, 0.3) is 0 Å². The molecule has 3 aromatic rings. The van der Waals surface area contributed by atoms with Gasteiger partial charge in [0.2, 0.25) is 0 Å². The number of ether oxygens (including phenoxy) is 2. The van der Waals surface area contributed by atoms with Gasteiger partial charge in [-0.3, -0.25) is 9.78 Å². The highest BCUT2D eigenvalue weighted by atomic mass is 16.5. The van der Waals surface area contributed by atoms with Crippen LogP contribution in [0.4, 0.5) is 11.4 Å². The van der Waals surface area contributed by atoms with Crippen molar-refractivity contribution in [3.05, 3.63) is 78.1 Å². The smallest absolute Gasteiger partial charge is 0.253 e. The Morgan fingerprint density at radius 1 is 0.963 bits per heavy atom. The Labute approximate surface area is 158 Å². The fourth-order valence-corrected chi connectivity index (χ4v) is 2.60. The van der Waals surface area contributed by atoms with Crippen molar-refractivity contribution < 1.29 is 14.3 Å². The fraction of sp³-hybridized carbons (Fsp3) is 0.143. The van der Waals surface area contributed by atoms with Crippen molar-refractivity contribution in [3.8, 4) is 11.5 Å². The van der Waals surface area contributed by atoms with Crippen LogP contribution in [-0.4, -0.2) is 25.1 Å². The second-order valence-electron chi connectivity index (χ2n) is 5.81. The number of benzene rings is 2. The van der Waals surface area contributed by atoms with E-state index in [1.165, 1.54) is 6.20 Å². The number of nitrogens with one attached hydrogen (secondary N) is 2. The molecule has 0 fully saturated rings. The number of pyridine rings is 1. The number of hydrogen-bond acceptors (Lipinski definition) is 5. The molecular formula is C21H21N3O3. The molecule has 1 heterocycles. The Kier molecular flexibility index (Phi) is 5.89. The van der Waals surface area contributed by atoms with Gasteiger partial charge in [0.1, 0.15) is 11.5 Å². The van der Waals surface area contributed by atoms with Gasteiger partial charge in [0.25, 0.3) is 5.91 Å². The topological polar surface area (TPSA) is 72.5 Å². The average molecular weight is 363 g/mol. The van der Waals surface area contributed by atoms with Crippen LogP contribution >= 0.6 is 0 Å². The van der Waals surface area contributed by atoms with E-state index in [0.717, 1.165) is 28.4 Å². The lowest BCUT2D eigenvalue weighted by atomic mass is 10.2. The molecule has 3 rings (SSSR count). The van der Waals surface area contributed by atoms with E-state index in [2.05, 4.69) is 15.6 Å². The number of hydrogen-bond donors (Lipinski definition) is 2. The van der Waals surface area contributed by atoms with E-state index >= 15 is 0 Å². The zero-order valence-corrected chi connectivity index (χ0v) is 15.2. The van der Waals surface area contributed by atoms with Crippen LogP contribution in [0.3, 0.4) is 0 Å². The zero-order valence-electron chi connectivity index (χ0n) is 15.2. The normalized spacial score (nSPS) is 10.1. The highest BCUT2D eigenvalue weighted by Gasteiger charge is 2.09. The van der Waals surface area contributed by atoms with E-state index in [0.29, 0.717) is 12.1 Å². The van der Waals surface area contributed by atoms with Gasteiger partial charge in [-0.1, -0.05) is 18.2 Å². The molecule has 27 heavy (non-hydrogen) atoms. The molecule has 0 spiro atoms. The van der Waals surface area contributed by atoms with Gasteiger partial charge in [0, 0.05) is 24.0 Å². The minimum absolute atomic E-state index is 0.202. The summed E-state index contributed by atoms with van der Waals surface area (Å²) >= 11 is 0. The average Bonchev–Trinajstić information content (AvgIpc) is 2.73. The highest BCUT2D eigenvalue weighted by Crippen LogP contribution is 2.20. The van der Waals surface area contributed by atoms with Crippen molar-refractivity contribution in [2.75, 3.05) is 19.5 Å². The Morgan fingerprint density at radius 2 is 1.74 bits per heavy atom. The summed E-state index contributed by atoms with van der Waals surface area (Å²) in [4.78, 5) is 16.6. The summed E-state index contributed by atoms with van der Waals surface area (Å²) in [5.74, 6) is 1.32. The molecule has 0 unspecified atom stereocenters. The summed E-state index contributed by atoms with van der Waals surface area (Å²) < 4.78 is 10.5. The first-order chi connectivity index (χ1) is 13.2. The molecule has 0 bridgehead atoms. The SMILES string of the molecule is COc1ccc(Nc2cncc(C(=O)NCc3ccccc3OC)c2)cc1. The van der Waals surface area contributed by atoms with Crippen molar-refractivity contribution >= 4 is 17.3 Å². The number of carbonyl (C=O) groups is 1. The lowest BCUT2D eigenvalue weighted by Gasteiger charge is -2.11. The van der Waals surface area contributed by atoms with Crippen molar-refractivity contribution in [3.63, 3.8) is 0 Å². The van der Waals surface area contributed by atoms with Gasteiger partial charge in [-0.25, -0.2) is 0 Å². The second kappa shape index (κ2) is 8.71. The van der Waals surface area contributed by atoms with Gasteiger partial charge in [-0.15, -0.1) is 0 Å². The molecule has 6 nitrogen and oxygen atoms in total. The van der Waals surface area contributed by atoms with Crippen molar-refractivity contribution in [2.45, 2.75) is 6.54 Å². The predicted octanol–water partition coefficient (Wildman–Crippen LogP) is 3.77. The first-order valence-corrected chi connectivity index (χ1v) is 8.46. The molecule has 1 amide bonds. The Balaban J connectivity index is 1.66. The van der Waals surface area contributed by atoms with E-state index in [-0.39, 0.29) is 5.91 Å². The van der Waals surface area contributed by atoms with E-state index in [1.54, 1.807) is 26.5 Å². The van der Waals surface area contributed by atoms with Gasteiger partial charge in [0.15, 0.2) is 0 Å². The van der Waals surface area contributed by atoms with Gasteiger partial charge in [0.05, 0.1) is 31.7 Å². The number of amides is 1. The third-order valence-corrected chi connectivity index (χ3v) is 4.01. The van der Waals surface area contributed by atoms with Gasteiger partial charge in [-0.2, -0.15) is 0 Å². The van der Waals surface area contributed by atoms with Crippen LogP contribution in [-0.2, 0) is 6.54 Å². The number of methoxy groups -OCH3 is 2. The van der Waals surface area contributed by atoms with E-state index in [9.17, 15) is 4.79 Å². The second-order valence-corrected chi connectivity index (χ2v) is 5.81. The standard InChI is InChI=1S/C21H21N3O3/c1-26-19-9-7-17(8-10-19)24-18-11-16(12-22-14-18)21(25)23-13-15-5-3-4-6-20(15)27-2/h3-12,14,24H,13H2,1-2H3,(H,23,25). The summed E-state index contributed by atoms with van der Waals surface area (Å²) in [5, 5.41) is 6.12. The summed E-state index contributed by atoms with van der Waals surface area (Å²) in [6.45, 7) is 0.374. The molecule has 0 aliphatic rings. The van der Waals surface area contributed by atoms with Crippen molar-refractivity contribution in [2.24, 2.45) is 0 Å². The van der Waals surface area contributed by atoms with Gasteiger partial charge < -0.3 is 20.1 Å². The Morgan fingerprint density at radius 3 is 2.48 bits per heavy atom. The van der Waals surface area contributed by atoms with Crippen LogP contribution in [0, 0.1) is 0 Å². The van der Waals surface area contributed by atoms with E-state index in [1.807, 2.05) is 48.5 Å². The van der Waals surface area contributed by atoms with Crippen LogP contribution in [0.2, 0.25) is 0 Å². The molecule has 138 valence electrons. The van der Waals surface area contributed by atoms with Gasteiger partial charge >= 0.3 is 0 Å². The van der Waals surface area contributed by atoms with E-state index in [4.69, 9.17) is 9.47 Å². The minimum atomic E-state index is -0.202. The Hall–Kier alpha value is -3.54. The maximum Gasteiger partial charge on any atom is 0.253 e. The molecule has 0 radical (unpaired) electrons. The van der Waals surface area contributed by atoms with Crippen molar-refractivity contribution in [1.29, 1.82) is 0 Å². The summed E-state index contributed by atoms with van der Waals surface area (Å²) in [5.41, 5.74) is 2.99. The lowest BCUT2D eigenvalue weighted by molar-refractivity contribution is 0.0950. The van der Waals surface area contributed by atoms with E-state index < -0.39 is 0 Å². The van der Waals surface area contributed by atoms with Crippen molar-refractivity contribution in [1.82, 2.24) is 10.3 Å². The molecule has 0 aliphatic carbocycles. The molecule has 0 saturated heterocycles. The third kappa shape index (κ3) is 4.76. The van der Waals surface area contributed by atoms with Crippen LogP contribution < -0.4 is 20.1 Å². The predicted molar refractivity (Wildman–Crippen MR) is 105 cm³/mol. The minimum Gasteiger partial charge on any atom is -0.497 e.